The highest BCUT2D eigenvalue weighted by Gasteiger charge is 2.24. The second kappa shape index (κ2) is 5.29. The minimum Gasteiger partial charge on any atom is -0.355 e. The summed E-state index contributed by atoms with van der Waals surface area (Å²) in [6, 6.07) is -0.593. The van der Waals surface area contributed by atoms with Gasteiger partial charge in [-0.15, -0.1) is 0 Å². The SMILES string of the molecule is CC(=O)C(N)Cc1c[nH]c2c([N+](=O)[O-])c(C)c(C)c(C)c12. The minimum atomic E-state index is -0.593. The summed E-state index contributed by atoms with van der Waals surface area (Å²) in [6.45, 7) is 7.01. The molecule has 1 atom stereocenters. The molecule has 0 saturated carbocycles. The Morgan fingerprint density at radius 1 is 1.33 bits per heavy atom. The highest BCUT2D eigenvalue weighted by molar-refractivity contribution is 5.96. The van der Waals surface area contributed by atoms with Gasteiger partial charge in [0.15, 0.2) is 0 Å². The highest BCUT2D eigenvalue weighted by Crippen LogP contribution is 2.36. The Labute approximate surface area is 122 Å². The lowest BCUT2D eigenvalue weighted by Crippen LogP contribution is -2.30. The van der Waals surface area contributed by atoms with Gasteiger partial charge in [-0.2, -0.15) is 0 Å². The molecule has 3 N–H and O–H groups in total. The van der Waals surface area contributed by atoms with Crippen molar-refractivity contribution in [2.24, 2.45) is 5.73 Å². The van der Waals surface area contributed by atoms with Crippen LogP contribution in [0.3, 0.4) is 0 Å². The van der Waals surface area contributed by atoms with Gasteiger partial charge in [-0.05, 0) is 50.8 Å². The summed E-state index contributed by atoms with van der Waals surface area (Å²) < 4.78 is 0. The second-order valence-corrected chi connectivity index (χ2v) is 5.47. The average Bonchev–Trinajstić information content (AvgIpc) is 2.79. The van der Waals surface area contributed by atoms with Crippen LogP contribution in [0.15, 0.2) is 6.20 Å². The predicted octanol–water partition coefficient (Wildman–Crippen LogP) is 2.46. The summed E-state index contributed by atoms with van der Waals surface area (Å²) in [5, 5.41) is 12.2. The van der Waals surface area contributed by atoms with Gasteiger partial charge in [-0.1, -0.05) is 0 Å². The molecule has 6 heteroatoms. The molecular formula is C15H19N3O3. The lowest BCUT2D eigenvalue weighted by molar-refractivity contribution is -0.383. The van der Waals surface area contributed by atoms with Crippen molar-refractivity contribution in [3.63, 3.8) is 0 Å². The number of ketones is 1. The molecule has 21 heavy (non-hydrogen) atoms. The number of rotatable bonds is 4. The lowest BCUT2D eigenvalue weighted by Gasteiger charge is -2.11. The Bertz CT molecular complexity index is 746. The normalized spacial score (nSPS) is 12.6. The van der Waals surface area contributed by atoms with Crippen molar-refractivity contribution in [2.45, 2.75) is 40.2 Å². The maximum absolute atomic E-state index is 11.3. The largest absolute Gasteiger partial charge is 0.355 e. The van der Waals surface area contributed by atoms with Gasteiger partial charge >= 0.3 is 0 Å². The van der Waals surface area contributed by atoms with Gasteiger partial charge in [0, 0.05) is 17.1 Å². The molecule has 0 fully saturated rings. The van der Waals surface area contributed by atoms with E-state index in [1.54, 1.807) is 13.1 Å². The molecule has 0 aliphatic rings. The fraction of sp³-hybridized carbons (Fsp3) is 0.400. The van der Waals surface area contributed by atoms with Crippen LogP contribution in [0.4, 0.5) is 5.69 Å². The van der Waals surface area contributed by atoms with Crippen molar-refractivity contribution < 1.29 is 9.72 Å². The van der Waals surface area contributed by atoms with Gasteiger partial charge < -0.3 is 10.7 Å². The molecular weight excluding hydrogens is 270 g/mol. The van der Waals surface area contributed by atoms with Crippen LogP contribution in [0, 0.1) is 30.9 Å². The molecule has 0 bridgehead atoms. The number of nitrogens with one attached hydrogen (secondary N) is 1. The maximum Gasteiger partial charge on any atom is 0.296 e. The molecule has 1 aromatic heterocycles. The number of aromatic nitrogens is 1. The summed E-state index contributed by atoms with van der Waals surface area (Å²) in [5.74, 6) is -0.0969. The second-order valence-electron chi connectivity index (χ2n) is 5.47. The van der Waals surface area contributed by atoms with E-state index in [1.165, 1.54) is 6.92 Å². The third-order valence-corrected chi connectivity index (χ3v) is 4.20. The number of fused-ring (bicyclic) bond motifs is 1. The number of aromatic amines is 1. The van der Waals surface area contributed by atoms with Gasteiger partial charge in [0.05, 0.1) is 11.0 Å². The van der Waals surface area contributed by atoms with Crippen LogP contribution in [0.5, 0.6) is 0 Å². The molecule has 0 aliphatic carbocycles. The van der Waals surface area contributed by atoms with Crippen molar-refractivity contribution in [3.05, 3.63) is 38.6 Å². The zero-order chi connectivity index (χ0) is 15.9. The number of carbonyl (C=O) groups is 1. The van der Waals surface area contributed by atoms with Gasteiger partial charge in [0.1, 0.15) is 11.3 Å². The Morgan fingerprint density at radius 3 is 2.48 bits per heavy atom. The molecule has 6 nitrogen and oxygen atoms in total. The van der Waals surface area contributed by atoms with Gasteiger partial charge in [-0.25, -0.2) is 0 Å². The average molecular weight is 289 g/mol. The van der Waals surface area contributed by atoms with E-state index < -0.39 is 6.04 Å². The molecule has 0 aliphatic heterocycles. The van der Waals surface area contributed by atoms with Crippen molar-refractivity contribution in [1.82, 2.24) is 4.98 Å². The number of nitrogens with zero attached hydrogens (tertiary/aromatic N) is 1. The number of nitrogens with two attached hydrogens (primary N) is 1. The van der Waals surface area contributed by atoms with Crippen LogP contribution in [0.2, 0.25) is 0 Å². The molecule has 1 aromatic carbocycles. The van der Waals surface area contributed by atoms with Gasteiger partial charge in [-0.3, -0.25) is 14.9 Å². The van der Waals surface area contributed by atoms with E-state index in [2.05, 4.69) is 4.98 Å². The van der Waals surface area contributed by atoms with Crippen LogP contribution in [-0.4, -0.2) is 21.7 Å². The molecule has 0 amide bonds. The number of hydrogen-bond acceptors (Lipinski definition) is 4. The molecule has 0 spiro atoms. The summed E-state index contributed by atoms with van der Waals surface area (Å²) in [7, 11) is 0. The van der Waals surface area contributed by atoms with Crippen molar-refractivity contribution in [1.29, 1.82) is 0 Å². The predicted molar refractivity (Wildman–Crippen MR) is 81.5 cm³/mol. The standard InChI is InChI=1S/C15H19N3O3/c1-7-8(2)13-11(5-12(16)10(4)19)6-17-14(13)15(9(7)3)18(20)21/h6,12,17H,5,16H2,1-4H3. The van der Waals surface area contributed by atoms with Crippen molar-refractivity contribution in [3.8, 4) is 0 Å². The molecule has 0 radical (unpaired) electrons. The number of hydrogen-bond donors (Lipinski definition) is 2. The van der Waals surface area contributed by atoms with Crippen LogP contribution < -0.4 is 5.73 Å². The molecule has 2 rings (SSSR count). The number of aryl methyl sites for hydroxylation is 1. The molecule has 112 valence electrons. The van der Waals surface area contributed by atoms with E-state index in [1.807, 2.05) is 13.8 Å². The summed E-state index contributed by atoms with van der Waals surface area (Å²) in [4.78, 5) is 25.3. The molecule has 0 saturated heterocycles. The van der Waals surface area contributed by atoms with Crippen molar-refractivity contribution >= 4 is 22.4 Å². The number of nitro groups is 1. The first kappa shape index (κ1) is 15.2. The molecule has 1 heterocycles. The van der Waals surface area contributed by atoms with Crippen molar-refractivity contribution in [2.75, 3.05) is 0 Å². The zero-order valence-electron chi connectivity index (χ0n) is 12.6. The van der Waals surface area contributed by atoms with E-state index >= 15 is 0 Å². The first-order valence-electron chi connectivity index (χ1n) is 6.75. The first-order valence-corrected chi connectivity index (χ1v) is 6.75. The third-order valence-electron chi connectivity index (χ3n) is 4.20. The van der Waals surface area contributed by atoms with E-state index in [0.29, 0.717) is 17.5 Å². The van der Waals surface area contributed by atoms with Crippen LogP contribution in [0.1, 0.15) is 29.2 Å². The van der Waals surface area contributed by atoms with E-state index in [4.69, 9.17) is 5.73 Å². The van der Waals surface area contributed by atoms with Crippen LogP contribution in [-0.2, 0) is 11.2 Å². The lowest BCUT2D eigenvalue weighted by atomic mass is 9.94. The number of nitro benzene ring substituents is 1. The Morgan fingerprint density at radius 2 is 1.95 bits per heavy atom. The molecule has 1 unspecified atom stereocenters. The van der Waals surface area contributed by atoms with Crippen LogP contribution in [0.25, 0.3) is 10.9 Å². The van der Waals surface area contributed by atoms with E-state index in [9.17, 15) is 14.9 Å². The smallest absolute Gasteiger partial charge is 0.296 e. The minimum absolute atomic E-state index is 0.0933. The first-order chi connectivity index (χ1) is 9.75. The highest BCUT2D eigenvalue weighted by atomic mass is 16.6. The zero-order valence-corrected chi connectivity index (χ0v) is 12.6. The Hall–Kier alpha value is -2.21. The number of carbonyl (C=O) groups excluding carboxylic acids is 1. The number of benzene rings is 1. The monoisotopic (exact) mass is 289 g/mol. The summed E-state index contributed by atoms with van der Waals surface area (Å²) in [6.07, 6.45) is 2.09. The Kier molecular flexibility index (Phi) is 3.82. The maximum atomic E-state index is 11.3. The third kappa shape index (κ3) is 2.42. The van der Waals surface area contributed by atoms with Crippen LogP contribution >= 0.6 is 0 Å². The summed E-state index contributed by atoms with van der Waals surface area (Å²) in [5.41, 5.74) is 9.80. The fourth-order valence-corrected chi connectivity index (χ4v) is 2.68. The summed E-state index contributed by atoms with van der Waals surface area (Å²) >= 11 is 0. The Balaban J connectivity index is 2.73. The van der Waals surface area contributed by atoms with Gasteiger partial charge in [0.25, 0.3) is 5.69 Å². The fourth-order valence-electron chi connectivity index (χ4n) is 2.68. The quantitative estimate of drug-likeness (QED) is 0.666. The number of Topliss-reactive ketones (excluding diaryl/α,β-unsaturated/α-hetero) is 1. The van der Waals surface area contributed by atoms with E-state index in [0.717, 1.165) is 22.1 Å². The van der Waals surface area contributed by atoms with Gasteiger partial charge in [0.2, 0.25) is 0 Å². The number of H-pyrrole nitrogens is 1. The molecule has 2 aromatic rings. The van der Waals surface area contributed by atoms with E-state index in [-0.39, 0.29) is 16.4 Å². The topological polar surface area (TPSA) is 102 Å².